The van der Waals surface area contributed by atoms with Crippen LogP contribution in [0.4, 0.5) is 0 Å². The molecule has 1 saturated heterocycles. The van der Waals surface area contributed by atoms with E-state index in [1.54, 1.807) is 36.4 Å². The lowest BCUT2D eigenvalue weighted by Crippen LogP contribution is -2.57. The molecule has 1 aliphatic heterocycles. The Morgan fingerprint density at radius 3 is 1.81 bits per heavy atom. The van der Waals surface area contributed by atoms with Gasteiger partial charge in [-0.15, -0.1) is 11.6 Å². The minimum absolute atomic E-state index is 0.0209. The minimum Gasteiger partial charge on any atom is -0.292 e. The summed E-state index contributed by atoms with van der Waals surface area (Å²) in [4.78, 5) is 55.7. The molecule has 0 N–H and O–H groups in total. The van der Waals surface area contributed by atoms with E-state index in [2.05, 4.69) is 12.2 Å². The van der Waals surface area contributed by atoms with Crippen molar-refractivity contribution < 1.29 is 19.2 Å². The quantitative estimate of drug-likeness (QED) is 0.201. The van der Waals surface area contributed by atoms with Crippen molar-refractivity contribution in [3.63, 3.8) is 0 Å². The molecule has 3 fully saturated rings. The molecule has 6 nitrogen and oxygen atoms in total. The van der Waals surface area contributed by atoms with Gasteiger partial charge in [-0.2, -0.15) is 5.01 Å². The van der Waals surface area contributed by atoms with Gasteiger partial charge in [0.15, 0.2) is 5.78 Å². The first-order chi connectivity index (χ1) is 17.8. The van der Waals surface area contributed by atoms with Gasteiger partial charge in [0.2, 0.25) is 0 Å². The zero-order valence-electron chi connectivity index (χ0n) is 19.6. The normalized spacial score (nSPS) is 29.6. The summed E-state index contributed by atoms with van der Waals surface area (Å²) in [5.74, 6) is -2.16. The average molecular weight is 558 g/mol. The Kier molecular flexibility index (Phi) is 6.17. The summed E-state index contributed by atoms with van der Waals surface area (Å²) in [6.45, 7) is 0. The predicted octanol–water partition coefficient (Wildman–Crippen LogP) is 5.28. The lowest BCUT2D eigenvalue weighted by molar-refractivity contribution is -0.157. The Bertz CT molecular complexity index is 1290. The van der Waals surface area contributed by atoms with Crippen molar-refractivity contribution in [1.29, 1.82) is 0 Å². The predicted molar refractivity (Wildman–Crippen MR) is 139 cm³/mol. The summed E-state index contributed by atoms with van der Waals surface area (Å²) in [5.41, 5.74) is 0.500. The number of Topliss-reactive ketones (excluding diaryl/α,β-unsaturated/α-hetero) is 1. The third kappa shape index (κ3) is 3.92. The molecule has 0 radical (unpaired) electrons. The number of nitrogens with zero attached hydrogens (tertiary/aromatic N) is 2. The molecule has 4 aliphatic carbocycles. The van der Waals surface area contributed by atoms with Gasteiger partial charge < -0.3 is 0 Å². The smallest absolute Gasteiger partial charge is 0.273 e. The lowest BCUT2D eigenvalue weighted by atomic mass is 9.63. The molecule has 37 heavy (non-hydrogen) atoms. The number of carbonyl (C=O) groups is 4. The average Bonchev–Trinajstić information content (AvgIpc) is 3.68. The second-order valence-corrected chi connectivity index (χ2v) is 11.4. The van der Waals surface area contributed by atoms with Gasteiger partial charge in [-0.3, -0.25) is 19.2 Å². The Morgan fingerprint density at radius 1 is 0.838 bits per heavy atom. The molecule has 5 aliphatic rings. The number of hydrogen-bond donors (Lipinski definition) is 0. The van der Waals surface area contributed by atoms with Crippen molar-refractivity contribution in [2.75, 3.05) is 5.88 Å². The summed E-state index contributed by atoms with van der Waals surface area (Å²) in [6.07, 6.45) is 5.20. The third-order valence-electron chi connectivity index (χ3n) is 8.26. The highest BCUT2D eigenvalue weighted by Gasteiger charge is 2.68. The van der Waals surface area contributed by atoms with Gasteiger partial charge in [0, 0.05) is 27.1 Å². The Labute approximate surface area is 229 Å². The van der Waals surface area contributed by atoms with Crippen molar-refractivity contribution >= 4 is 58.3 Å². The second-order valence-electron chi connectivity index (χ2n) is 10.2. The highest BCUT2D eigenvalue weighted by Crippen LogP contribution is 2.65. The summed E-state index contributed by atoms with van der Waals surface area (Å²) >= 11 is 18.2. The fourth-order valence-electron chi connectivity index (χ4n) is 6.52. The number of benzene rings is 2. The lowest BCUT2D eigenvalue weighted by Gasteiger charge is -2.37. The number of alkyl halides is 1. The van der Waals surface area contributed by atoms with Crippen molar-refractivity contribution in [3.8, 4) is 0 Å². The fourth-order valence-corrected chi connectivity index (χ4v) is 6.98. The highest BCUT2D eigenvalue weighted by atomic mass is 35.5. The van der Waals surface area contributed by atoms with Crippen LogP contribution >= 0.6 is 34.8 Å². The molecule has 2 bridgehead atoms. The summed E-state index contributed by atoms with van der Waals surface area (Å²) in [7, 11) is 0. The van der Waals surface area contributed by atoms with E-state index >= 15 is 0 Å². The van der Waals surface area contributed by atoms with E-state index < -0.39 is 41.4 Å². The van der Waals surface area contributed by atoms with Crippen LogP contribution in [0.15, 0.2) is 60.7 Å². The van der Waals surface area contributed by atoms with E-state index in [9.17, 15) is 19.2 Å². The topological polar surface area (TPSA) is 74.8 Å². The highest BCUT2D eigenvalue weighted by molar-refractivity contribution is 6.31. The first-order valence-corrected chi connectivity index (χ1v) is 13.6. The molecule has 190 valence electrons. The van der Waals surface area contributed by atoms with Crippen LogP contribution < -0.4 is 0 Å². The minimum atomic E-state index is -1.17. The van der Waals surface area contributed by atoms with Gasteiger partial charge in [-0.05, 0) is 85.0 Å². The van der Waals surface area contributed by atoms with Crippen LogP contribution in [0.25, 0.3) is 0 Å². The number of ketones is 1. The molecule has 9 heteroatoms. The van der Waals surface area contributed by atoms with E-state index in [1.807, 2.05) is 0 Å². The summed E-state index contributed by atoms with van der Waals surface area (Å²) in [5, 5.41) is 2.89. The molecule has 7 rings (SSSR count). The van der Waals surface area contributed by atoms with E-state index in [1.165, 1.54) is 12.1 Å². The van der Waals surface area contributed by atoms with E-state index in [-0.39, 0.29) is 29.7 Å². The molecular formula is C28H23Cl3N2O4. The second kappa shape index (κ2) is 9.26. The van der Waals surface area contributed by atoms with Crippen molar-refractivity contribution in [3.05, 3.63) is 81.9 Å². The zero-order valence-corrected chi connectivity index (χ0v) is 21.9. The Morgan fingerprint density at radius 2 is 1.32 bits per heavy atom. The van der Waals surface area contributed by atoms with E-state index in [0.29, 0.717) is 27.4 Å². The molecule has 0 unspecified atom stereocenters. The molecule has 3 amide bonds. The SMILES string of the molecule is O=C(c1ccc(Cl)cc1)[C@H](CCCl)N(C(=O)c1ccc(Cl)cc1)N1C(=O)[C@@H]2[C@H]3C=C[C@@H]([C@@H]4C[C@H]34)[C@H]2C1=O. The maximum absolute atomic E-state index is 14.0. The molecule has 0 aromatic heterocycles. The van der Waals surface area contributed by atoms with Crippen LogP contribution in [0.1, 0.15) is 33.6 Å². The molecule has 1 heterocycles. The van der Waals surface area contributed by atoms with Gasteiger partial charge >= 0.3 is 0 Å². The number of amides is 3. The number of imide groups is 1. The van der Waals surface area contributed by atoms with E-state index in [4.69, 9.17) is 34.8 Å². The molecule has 2 aromatic carbocycles. The van der Waals surface area contributed by atoms with Gasteiger partial charge in [0.25, 0.3) is 17.7 Å². The maximum Gasteiger partial charge on any atom is 0.273 e. The van der Waals surface area contributed by atoms with Crippen LogP contribution in [0.3, 0.4) is 0 Å². The molecule has 7 atom stereocenters. The van der Waals surface area contributed by atoms with E-state index in [0.717, 1.165) is 16.4 Å². The molecular weight excluding hydrogens is 535 g/mol. The van der Waals surface area contributed by atoms with Crippen molar-refractivity contribution in [2.45, 2.75) is 18.9 Å². The number of carbonyl (C=O) groups excluding carboxylic acids is 4. The van der Waals surface area contributed by atoms with Gasteiger partial charge in [0.05, 0.1) is 11.8 Å². The van der Waals surface area contributed by atoms with Crippen LogP contribution in [0.2, 0.25) is 10.0 Å². The van der Waals surface area contributed by atoms with Crippen LogP contribution in [0.5, 0.6) is 0 Å². The molecule has 2 aromatic rings. The van der Waals surface area contributed by atoms with Gasteiger partial charge in [-0.25, -0.2) is 5.01 Å². The monoisotopic (exact) mass is 556 g/mol. The van der Waals surface area contributed by atoms with Crippen LogP contribution in [-0.4, -0.2) is 45.4 Å². The van der Waals surface area contributed by atoms with Crippen LogP contribution in [-0.2, 0) is 9.59 Å². The molecule has 2 saturated carbocycles. The number of hydrogen-bond acceptors (Lipinski definition) is 4. The third-order valence-corrected chi connectivity index (χ3v) is 8.99. The number of rotatable bonds is 7. The van der Waals surface area contributed by atoms with Gasteiger partial charge in [0.1, 0.15) is 6.04 Å². The van der Waals surface area contributed by atoms with Crippen LogP contribution in [0, 0.1) is 35.5 Å². The summed E-state index contributed by atoms with van der Waals surface area (Å²) < 4.78 is 0. The number of halogens is 3. The van der Waals surface area contributed by atoms with Crippen molar-refractivity contribution in [2.24, 2.45) is 35.5 Å². The number of allylic oxidation sites excluding steroid dienone is 2. The largest absolute Gasteiger partial charge is 0.292 e. The maximum atomic E-state index is 14.0. The van der Waals surface area contributed by atoms with Crippen molar-refractivity contribution in [1.82, 2.24) is 10.0 Å². The summed E-state index contributed by atoms with van der Waals surface area (Å²) in [6, 6.07) is 11.2. The Hall–Kier alpha value is -2.67. The fraction of sp³-hybridized carbons (Fsp3) is 0.357. The number of hydrazine groups is 1. The first-order valence-electron chi connectivity index (χ1n) is 12.3. The standard InChI is InChI=1S/C28H23Cl3N2O4/c29-12-11-22(25(34)14-1-5-16(30)6-2-14)32(26(35)15-3-7-17(31)8-4-15)33-27(36)23-18-9-10-19(21-13-20(18)21)24(23)28(33)37/h1-10,18-24H,11-13H2/t18-,19-,20-,21+,22-,23+,24+/m0/s1. The first kappa shape index (κ1) is 24.7. The Balaban J connectivity index is 1.43. The van der Waals surface area contributed by atoms with Gasteiger partial charge in [-0.1, -0.05) is 35.4 Å². The zero-order chi connectivity index (χ0) is 26.0. The molecule has 0 spiro atoms.